The minimum absolute atomic E-state index is 0.356. The molecule has 0 saturated carbocycles. The molecule has 1 saturated heterocycles. The molecule has 0 spiro atoms. The first-order valence-electron chi connectivity index (χ1n) is 6.37. The molecule has 0 aromatic carbocycles. The van der Waals surface area contributed by atoms with Crippen LogP contribution in [0, 0.1) is 6.92 Å². The predicted molar refractivity (Wildman–Crippen MR) is 74.5 cm³/mol. The quantitative estimate of drug-likeness (QED) is 0.925. The van der Waals surface area contributed by atoms with E-state index in [0.29, 0.717) is 5.92 Å². The van der Waals surface area contributed by atoms with E-state index in [2.05, 4.69) is 25.2 Å². The normalized spacial score (nSPS) is 19.6. The number of anilines is 1. The summed E-state index contributed by atoms with van der Waals surface area (Å²) in [6.45, 7) is 6.65. The third-order valence-corrected chi connectivity index (χ3v) is 4.12. The Hall–Kier alpha value is -1.20. The van der Waals surface area contributed by atoms with E-state index in [4.69, 9.17) is 14.7 Å². The van der Waals surface area contributed by atoms with Crippen molar-refractivity contribution < 1.29 is 4.74 Å². The summed E-state index contributed by atoms with van der Waals surface area (Å²) < 4.78 is 5.43. The highest BCUT2D eigenvalue weighted by Gasteiger charge is 2.22. The lowest BCUT2D eigenvalue weighted by Gasteiger charge is -2.10. The van der Waals surface area contributed by atoms with E-state index in [1.165, 1.54) is 4.88 Å². The van der Waals surface area contributed by atoms with Gasteiger partial charge >= 0.3 is 0 Å². The Labute approximate surface area is 110 Å². The number of aryl methyl sites for hydroxylation is 1. The zero-order valence-corrected chi connectivity index (χ0v) is 11.5. The van der Waals surface area contributed by atoms with E-state index in [9.17, 15) is 0 Å². The minimum atomic E-state index is 0.356. The molecule has 1 unspecified atom stereocenters. The molecule has 1 N–H and O–H groups in total. The number of aromatic nitrogens is 2. The standard InChI is InChI=1S/C13H17N3OS/c1-3-14-12-10-6-8(2)18-13(10)16-11(15-12)9-4-5-17-7-9/h6,9H,3-5,7H2,1-2H3,(H,14,15,16). The average molecular weight is 263 g/mol. The largest absolute Gasteiger partial charge is 0.381 e. The van der Waals surface area contributed by atoms with E-state index >= 15 is 0 Å². The van der Waals surface area contributed by atoms with Crippen LogP contribution in [0.5, 0.6) is 0 Å². The molecular formula is C13H17N3OS. The zero-order valence-electron chi connectivity index (χ0n) is 10.7. The van der Waals surface area contributed by atoms with Crippen LogP contribution in [0.2, 0.25) is 0 Å². The second kappa shape index (κ2) is 4.82. The van der Waals surface area contributed by atoms with Gasteiger partial charge in [-0.25, -0.2) is 9.97 Å². The number of nitrogens with zero attached hydrogens (tertiary/aromatic N) is 2. The Morgan fingerprint density at radius 3 is 3.11 bits per heavy atom. The van der Waals surface area contributed by atoms with Crippen molar-refractivity contribution >= 4 is 27.4 Å². The van der Waals surface area contributed by atoms with E-state index < -0.39 is 0 Å². The van der Waals surface area contributed by atoms with Gasteiger partial charge in [0.15, 0.2) is 0 Å². The maximum atomic E-state index is 5.43. The first-order valence-corrected chi connectivity index (χ1v) is 7.19. The van der Waals surface area contributed by atoms with Gasteiger partial charge in [-0.05, 0) is 26.3 Å². The van der Waals surface area contributed by atoms with Crippen molar-refractivity contribution in [1.29, 1.82) is 0 Å². The topological polar surface area (TPSA) is 47.0 Å². The van der Waals surface area contributed by atoms with Crippen molar-refractivity contribution in [2.45, 2.75) is 26.2 Å². The first kappa shape index (κ1) is 11.9. The number of hydrogen-bond acceptors (Lipinski definition) is 5. The number of nitrogens with one attached hydrogen (secondary N) is 1. The second-order valence-electron chi connectivity index (χ2n) is 4.60. The van der Waals surface area contributed by atoms with Crippen LogP contribution in [0.4, 0.5) is 5.82 Å². The maximum absolute atomic E-state index is 5.43. The van der Waals surface area contributed by atoms with Crippen molar-refractivity contribution in [2.75, 3.05) is 25.1 Å². The molecule has 4 nitrogen and oxygen atoms in total. The summed E-state index contributed by atoms with van der Waals surface area (Å²) in [6.07, 6.45) is 1.03. The number of fused-ring (bicyclic) bond motifs is 1. The molecule has 1 aliphatic rings. The molecule has 0 aliphatic carbocycles. The van der Waals surface area contributed by atoms with Gasteiger partial charge in [0.1, 0.15) is 16.5 Å². The third kappa shape index (κ3) is 2.08. The Balaban J connectivity index is 2.09. The molecule has 0 bridgehead atoms. The lowest BCUT2D eigenvalue weighted by Crippen LogP contribution is -2.08. The molecule has 2 aromatic heterocycles. The summed E-state index contributed by atoms with van der Waals surface area (Å²) in [6, 6.07) is 2.16. The van der Waals surface area contributed by atoms with E-state index in [1.54, 1.807) is 11.3 Å². The van der Waals surface area contributed by atoms with Gasteiger partial charge in [-0.15, -0.1) is 11.3 Å². The Morgan fingerprint density at radius 2 is 2.39 bits per heavy atom. The molecule has 96 valence electrons. The lowest BCUT2D eigenvalue weighted by molar-refractivity contribution is 0.193. The molecule has 3 rings (SSSR count). The van der Waals surface area contributed by atoms with Crippen LogP contribution in [-0.4, -0.2) is 29.7 Å². The highest BCUT2D eigenvalue weighted by atomic mass is 32.1. The van der Waals surface area contributed by atoms with Crippen LogP contribution in [0.25, 0.3) is 10.2 Å². The molecule has 1 aliphatic heterocycles. The van der Waals surface area contributed by atoms with Gasteiger partial charge in [0.05, 0.1) is 12.0 Å². The summed E-state index contributed by atoms with van der Waals surface area (Å²) in [4.78, 5) is 11.8. The fourth-order valence-electron chi connectivity index (χ4n) is 2.28. The van der Waals surface area contributed by atoms with E-state index in [-0.39, 0.29) is 0 Å². The lowest BCUT2D eigenvalue weighted by atomic mass is 10.1. The van der Waals surface area contributed by atoms with Gasteiger partial charge < -0.3 is 10.1 Å². The predicted octanol–water partition coefficient (Wildman–Crippen LogP) is 2.94. The number of hydrogen-bond donors (Lipinski definition) is 1. The fourth-order valence-corrected chi connectivity index (χ4v) is 3.17. The van der Waals surface area contributed by atoms with Crippen LogP contribution in [0.3, 0.4) is 0 Å². The number of thiophene rings is 1. The summed E-state index contributed by atoms with van der Waals surface area (Å²) in [7, 11) is 0. The maximum Gasteiger partial charge on any atom is 0.138 e. The van der Waals surface area contributed by atoms with Crippen molar-refractivity contribution in [2.24, 2.45) is 0 Å². The van der Waals surface area contributed by atoms with Gasteiger partial charge in [0, 0.05) is 23.9 Å². The van der Waals surface area contributed by atoms with Gasteiger partial charge in [-0.2, -0.15) is 0 Å². The van der Waals surface area contributed by atoms with Gasteiger partial charge in [0.25, 0.3) is 0 Å². The Morgan fingerprint density at radius 1 is 1.50 bits per heavy atom. The minimum Gasteiger partial charge on any atom is -0.381 e. The smallest absolute Gasteiger partial charge is 0.138 e. The second-order valence-corrected chi connectivity index (χ2v) is 5.83. The summed E-state index contributed by atoms with van der Waals surface area (Å²) >= 11 is 1.73. The Bertz CT molecular complexity index is 561. The van der Waals surface area contributed by atoms with Crippen molar-refractivity contribution in [3.63, 3.8) is 0 Å². The molecule has 3 heterocycles. The average Bonchev–Trinajstić information content (AvgIpc) is 2.96. The highest BCUT2D eigenvalue weighted by molar-refractivity contribution is 7.18. The van der Waals surface area contributed by atoms with E-state index in [1.807, 2.05) is 0 Å². The van der Waals surface area contributed by atoms with Crippen molar-refractivity contribution in [1.82, 2.24) is 9.97 Å². The van der Waals surface area contributed by atoms with Crippen LogP contribution in [-0.2, 0) is 4.74 Å². The van der Waals surface area contributed by atoms with Crippen LogP contribution < -0.4 is 5.32 Å². The molecule has 1 fully saturated rings. The molecule has 5 heteroatoms. The number of rotatable bonds is 3. The van der Waals surface area contributed by atoms with Crippen LogP contribution in [0.1, 0.15) is 30.0 Å². The number of ether oxygens (including phenoxy) is 1. The van der Waals surface area contributed by atoms with Gasteiger partial charge in [-0.3, -0.25) is 0 Å². The van der Waals surface area contributed by atoms with Crippen LogP contribution in [0.15, 0.2) is 6.07 Å². The first-order chi connectivity index (χ1) is 8.78. The van der Waals surface area contributed by atoms with Crippen molar-refractivity contribution in [3.8, 4) is 0 Å². The summed E-state index contributed by atoms with van der Waals surface area (Å²) in [5.41, 5.74) is 0. The zero-order chi connectivity index (χ0) is 12.5. The monoisotopic (exact) mass is 263 g/mol. The molecular weight excluding hydrogens is 246 g/mol. The molecule has 2 aromatic rings. The van der Waals surface area contributed by atoms with Crippen LogP contribution >= 0.6 is 11.3 Å². The summed E-state index contributed by atoms with van der Waals surface area (Å²) in [5, 5.41) is 4.48. The SMILES string of the molecule is CCNc1nc(C2CCOC2)nc2sc(C)cc12. The fraction of sp³-hybridized carbons (Fsp3) is 0.538. The van der Waals surface area contributed by atoms with E-state index in [0.717, 1.165) is 48.0 Å². The highest BCUT2D eigenvalue weighted by Crippen LogP contribution is 2.31. The molecule has 0 amide bonds. The molecule has 0 radical (unpaired) electrons. The third-order valence-electron chi connectivity index (χ3n) is 3.17. The summed E-state index contributed by atoms with van der Waals surface area (Å²) in [5.74, 6) is 2.25. The Kier molecular flexibility index (Phi) is 3.18. The molecule has 18 heavy (non-hydrogen) atoms. The van der Waals surface area contributed by atoms with Crippen molar-refractivity contribution in [3.05, 3.63) is 16.8 Å². The van der Waals surface area contributed by atoms with Gasteiger partial charge in [-0.1, -0.05) is 0 Å². The molecule has 1 atom stereocenters. The van der Waals surface area contributed by atoms with Gasteiger partial charge in [0.2, 0.25) is 0 Å².